The van der Waals surface area contributed by atoms with Crippen LogP contribution in [0, 0.1) is 5.92 Å². The van der Waals surface area contributed by atoms with E-state index in [1.165, 1.54) is 19.3 Å². The molecule has 0 aliphatic carbocycles. The Labute approximate surface area is 117 Å². The molecule has 1 amide bonds. The number of piperidine rings is 1. The molecule has 1 aliphatic heterocycles. The van der Waals surface area contributed by atoms with Gasteiger partial charge in [0.15, 0.2) is 0 Å². The third kappa shape index (κ3) is 6.81. The number of carbonyl (C=O) groups excluding carboxylic acids is 1. The minimum absolute atomic E-state index is 0.158. The molecule has 0 unspecified atom stereocenters. The Morgan fingerprint density at radius 2 is 1.84 bits per heavy atom. The predicted octanol–water partition coefficient (Wildman–Crippen LogP) is 3.15. The van der Waals surface area contributed by atoms with Gasteiger partial charge in [-0.2, -0.15) is 0 Å². The Morgan fingerprint density at radius 1 is 1.21 bits per heavy atom. The Bertz CT molecular complexity index is 266. The van der Waals surface area contributed by atoms with E-state index in [1.54, 1.807) is 0 Å². The minimum Gasteiger partial charge on any atom is -0.444 e. The van der Waals surface area contributed by atoms with Gasteiger partial charge in [-0.3, -0.25) is 0 Å². The average Bonchev–Trinajstić information content (AvgIpc) is 2.33. The van der Waals surface area contributed by atoms with Crippen LogP contribution in [0.2, 0.25) is 0 Å². The summed E-state index contributed by atoms with van der Waals surface area (Å²) in [5.41, 5.74) is 5.10. The first-order chi connectivity index (χ1) is 8.92. The highest BCUT2D eigenvalue weighted by molar-refractivity contribution is 5.68. The average molecular weight is 270 g/mol. The number of hydrogen-bond acceptors (Lipinski definition) is 3. The number of likely N-dealkylation sites (tertiary alicyclic amines) is 1. The molecule has 0 aromatic heterocycles. The number of hydrogen-bond donors (Lipinski definition) is 1. The quantitative estimate of drug-likeness (QED) is 0.781. The van der Waals surface area contributed by atoms with E-state index in [4.69, 9.17) is 10.5 Å². The molecule has 1 rings (SSSR count). The third-order valence-corrected chi connectivity index (χ3v) is 3.58. The van der Waals surface area contributed by atoms with Crippen molar-refractivity contribution in [2.75, 3.05) is 19.6 Å². The summed E-state index contributed by atoms with van der Waals surface area (Å²) in [6.07, 6.45) is 6.99. The first-order valence-electron chi connectivity index (χ1n) is 7.60. The van der Waals surface area contributed by atoms with Crippen LogP contribution in [0.3, 0.4) is 0 Å². The largest absolute Gasteiger partial charge is 0.444 e. The molecular formula is C15H30N2O2. The van der Waals surface area contributed by atoms with Crippen LogP contribution < -0.4 is 5.73 Å². The van der Waals surface area contributed by atoms with E-state index >= 15 is 0 Å². The van der Waals surface area contributed by atoms with Gasteiger partial charge in [0.2, 0.25) is 0 Å². The molecule has 0 bridgehead atoms. The van der Waals surface area contributed by atoms with E-state index in [9.17, 15) is 4.79 Å². The highest BCUT2D eigenvalue weighted by Crippen LogP contribution is 2.24. The second-order valence-electron chi connectivity index (χ2n) is 6.55. The highest BCUT2D eigenvalue weighted by Gasteiger charge is 2.26. The van der Waals surface area contributed by atoms with Crippen molar-refractivity contribution in [2.45, 2.75) is 64.9 Å². The Hall–Kier alpha value is -0.770. The van der Waals surface area contributed by atoms with Crippen molar-refractivity contribution in [3.63, 3.8) is 0 Å². The van der Waals surface area contributed by atoms with Crippen LogP contribution in [0.1, 0.15) is 59.3 Å². The number of ether oxygens (including phenoxy) is 1. The molecule has 0 radical (unpaired) electrons. The number of unbranched alkanes of at least 4 members (excludes halogenated alkanes) is 2. The Morgan fingerprint density at radius 3 is 2.37 bits per heavy atom. The van der Waals surface area contributed by atoms with E-state index in [1.807, 2.05) is 25.7 Å². The van der Waals surface area contributed by atoms with Gasteiger partial charge in [-0.05, 0) is 52.5 Å². The van der Waals surface area contributed by atoms with Gasteiger partial charge in [-0.1, -0.05) is 19.3 Å². The zero-order chi connectivity index (χ0) is 14.3. The van der Waals surface area contributed by atoms with Crippen LogP contribution in [-0.2, 0) is 4.74 Å². The van der Waals surface area contributed by atoms with Crippen molar-refractivity contribution >= 4 is 6.09 Å². The van der Waals surface area contributed by atoms with Crippen LogP contribution in [0.5, 0.6) is 0 Å². The summed E-state index contributed by atoms with van der Waals surface area (Å²) in [6.45, 7) is 8.23. The number of amides is 1. The van der Waals surface area contributed by atoms with Gasteiger partial charge >= 0.3 is 6.09 Å². The first kappa shape index (κ1) is 16.3. The van der Waals surface area contributed by atoms with Crippen molar-refractivity contribution in [3.05, 3.63) is 0 Å². The van der Waals surface area contributed by atoms with E-state index in [-0.39, 0.29) is 6.09 Å². The van der Waals surface area contributed by atoms with E-state index < -0.39 is 5.60 Å². The van der Waals surface area contributed by atoms with Crippen molar-refractivity contribution in [2.24, 2.45) is 11.7 Å². The summed E-state index contributed by atoms with van der Waals surface area (Å²) < 4.78 is 5.40. The van der Waals surface area contributed by atoms with E-state index in [0.29, 0.717) is 0 Å². The number of rotatable bonds is 5. The van der Waals surface area contributed by atoms with Crippen LogP contribution in [0.4, 0.5) is 4.79 Å². The molecule has 1 aliphatic rings. The third-order valence-electron chi connectivity index (χ3n) is 3.58. The molecule has 1 saturated heterocycles. The Kier molecular flexibility index (Phi) is 6.63. The highest BCUT2D eigenvalue weighted by atomic mass is 16.6. The Balaban J connectivity index is 2.19. The van der Waals surface area contributed by atoms with Crippen LogP contribution in [-0.4, -0.2) is 36.2 Å². The lowest BCUT2D eigenvalue weighted by atomic mass is 9.91. The molecule has 0 saturated carbocycles. The normalized spacial score (nSPS) is 17.6. The molecule has 0 spiro atoms. The zero-order valence-electron chi connectivity index (χ0n) is 12.8. The van der Waals surface area contributed by atoms with Gasteiger partial charge in [0.05, 0.1) is 0 Å². The van der Waals surface area contributed by atoms with Gasteiger partial charge in [-0.15, -0.1) is 0 Å². The summed E-state index contributed by atoms with van der Waals surface area (Å²) in [7, 11) is 0. The lowest BCUT2D eigenvalue weighted by molar-refractivity contribution is 0.0180. The SMILES string of the molecule is CC(C)(C)OC(=O)N1CCC(CCCCCN)CC1. The summed E-state index contributed by atoms with van der Waals surface area (Å²) in [5, 5.41) is 0. The van der Waals surface area contributed by atoms with E-state index in [0.717, 1.165) is 44.8 Å². The second kappa shape index (κ2) is 7.73. The van der Waals surface area contributed by atoms with Crippen molar-refractivity contribution in [3.8, 4) is 0 Å². The molecule has 0 aromatic rings. The van der Waals surface area contributed by atoms with Crippen molar-refractivity contribution in [1.82, 2.24) is 4.90 Å². The van der Waals surface area contributed by atoms with Crippen LogP contribution in [0.25, 0.3) is 0 Å². The maximum Gasteiger partial charge on any atom is 0.410 e. The standard InChI is InChI=1S/C15H30N2O2/c1-15(2,3)19-14(18)17-11-8-13(9-12-17)7-5-4-6-10-16/h13H,4-12,16H2,1-3H3. The van der Waals surface area contributed by atoms with Gasteiger partial charge in [0, 0.05) is 13.1 Å². The first-order valence-corrected chi connectivity index (χ1v) is 7.60. The fourth-order valence-corrected chi connectivity index (χ4v) is 2.48. The lowest BCUT2D eigenvalue weighted by Crippen LogP contribution is -2.41. The van der Waals surface area contributed by atoms with Gasteiger partial charge in [0.1, 0.15) is 5.60 Å². The van der Waals surface area contributed by atoms with Gasteiger partial charge in [0.25, 0.3) is 0 Å². The summed E-state index contributed by atoms with van der Waals surface area (Å²) >= 11 is 0. The van der Waals surface area contributed by atoms with Crippen molar-refractivity contribution < 1.29 is 9.53 Å². The lowest BCUT2D eigenvalue weighted by Gasteiger charge is -2.33. The maximum absolute atomic E-state index is 11.9. The summed E-state index contributed by atoms with van der Waals surface area (Å²) in [6, 6.07) is 0. The molecule has 4 heteroatoms. The minimum atomic E-state index is -0.393. The van der Waals surface area contributed by atoms with E-state index in [2.05, 4.69) is 0 Å². The summed E-state index contributed by atoms with van der Waals surface area (Å²) in [5.74, 6) is 0.775. The van der Waals surface area contributed by atoms with Crippen molar-refractivity contribution in [1.29, 1.82) is 0 Å². The monoisotopic (exact) mass is 270 g/mol. The topological polar surface area (TPSA) is 55.6 Å². The molecule has 4 nitrogen and oxygen atoms in total. The molecule has 0 aromatic carbocycles. The van der Waals surface area contributed by atoms with Crippen LogP contribution in [0.15, 0.2) is 0 Å². The maximum atomic E-state index is 11.9. The molecule has 19 heavy (non-hydrogen) atoms. The molecule has 1 fully saturated rings. The zero-order valence-corrected chi connectivity index (χ0v) is 12.8. The molecule has 1 heterocycles. The van der Waals surface area contributed by atoms with Crippen LogP contribution >= 0.6 is 0 Å². The summed E-state index contributed by atoms with van der Waals surface area (Å²) in [4.78, 5) is 13.8. The second-order valence-corrected chi connectivity index (χ2v) is 6.55. The smallest absolute Gasteiger partial charge is 0.410 e. The predicted molar refractivity (Wildman–Crippen MR) is 78.1 cm³/mol. The fourth-order valence-electron chi connectivity index (χ4n) is 2.48. The number of carbonyl (C=O) groups is 1. The number of nitrogens with two attached hydrogens (primary N) is 1. The van der Waals surface area contributed by atoms with Gasteiger partial charge < -0.3 is 15.4 Å². The molecule has 0 atom stereocenters. The molecular weight excluding hydrogens is 240 g/mol. The molecule has 112 valence electrons. The van der Waals surface area contributed by atoms with Gasteiger partial charge in [-0.25, -0.2) is 4.79 Å². The molecule has 2 N–H and O–H groups in total. The number of nitrogens with zero attached hydrogens (tertiary/aromatic N) is 1. The fraction of sp³-hybridized carbons (Fsp3) is 0.933.